The van der Waals surface area contributed by atoms with Crippen LogP contribution >= 0.6 is 0 Å². The molecule has 6 nitrogen and oxygen atoms in total. The van der Waals surface area contributed by atoms with Gasteiger partial charge in [-0.05, 0) is 30.2 Å². The molecule has 132 valence electrons. The zero-order chi connectivity index (χ0) is 18.1. The van der Waals surface area contributed by atoms with Crippen molar-refractivity contribution in [2.24, 2.45) is 0 Å². The number of carbonyl (C=O) groups is 2. The number of hydrogen-bond acceptors (Lipinski definition) is 4. The van der Waals surface area contributed by atoms with E-state index in [0.29, 0.717) is 12.2 Å². The van der Waals surface area contributed by atoms with Crippen LogP contribution in [0.4, 0.5) is 0 Å². The summed E-state index contributed by atoms with van der Waals surface area (Å²) in [7, 11) is 0. The fourth-order valence-corrected chi connectivity index (χ4v) is 3.15. The number of hydrogen-bond donors (Lipinski definition) is 2. The van der Waals surface area contributed by atoms with E-state index in [4.69, 9.17) is 9.15 Å². The number of rotatable bonds is 3. The molecule has 4 rings (SSSR count). The lowest BCUT2D eigenvalue weighted by atomic mass is 10.1. The highest BCUT2D eigenvalue weighted by Crippen LogP contribution is 2.26. The highest BCUT2D eigenvalue weighted by molar-refractivity contribution is 5.99. The van der Waals surface area contributed by atoms with Gasteiger partial charge in [-0.3, -0.25) is 20.4 Å². The number of nitrogens with one attached hydrogen (secondary N) is 2. The molecule has 2 N–H and O–H groups in total. The Morgan fingerprint density at radius 3 is 2.81 bits per heavy atom. The van der Waals surface area contributed by atoms with E-state index in [9.17, 15) is 9.59 Å². The summed E-state index contributed by atoms with van der Waals surface area (Å²) in [6, 6.07) is 13.1. The van der Waals surface area contributed by atoms with Gasteiger partial charge >= 0.3 is 5.91 Å². The van der Waals surface area contributed by atoms with E-state index in [1.54, 1.807) is 6.07 Å². The van der Waals surface area contributed by atoms with Crippen molar-refractivity contribution in [1.82, 2.24) is 10.9 Å². The number of carbonyl (C=O) groups excluding carboxylic acids is 2. The molecule has 1 aliphatic heterocycles. The summed E-state index contributed by atoms with van der Waals surface area (Å²) in [6.45, 7) is 2.49. The molecule has 2 heterocycles. The first-order valence-corrected chi connectivity index (χ1v) is 8.44. The fourth-order valence-electron chi connectivity index (χ4n) is 3.15. The molecule has 1 aromatic heterocycles. The number of furan rings is 1. The first-order chi connectivity index (χ1) is 12.6. The van der Waals surface area contributed by atoms with Gasteiger partial charge in [-0.2, -0.15) is 0 Å². The number of ether oxygens (including phenoxy) is 1. The number of benzene rings is 2. The van der Waals surface area contributed by atoms with Crippen LogP contribution in [0.5, 0.6) is 5.75 Å². The third-order valence-electron chi connectivity index (χ3n) is 4.48. The molecular formula is C20H18N2O4. The second kappa shape index (κ2) is 6.55. The molecule has 0 saturated carbocycles. The predicted molar refractivity (Wildman–Crippen MR) is 95.9 cm³/mol. The van der Waals surface area contributed by atoms with Gasteiger partial charge in [0.1, 0.15) is 11.3 Å². The highest BCUT2D eigenvalue weighted by atomic mass is 16.5. The quantitative estimate of drug-likeness (QED) is 0.712. The maximum absolute atomic E-state index is 12.3. The molecule has 6 heteroatoms. The van der Waals surface area contributed by atoms with E-state index < -0.39 is 5.91 Å². The van der Waals surface area contributed by atoms with Crippen molar-refractivity contribution in [3.05, 3.63) is 64.9 Å². The molecule has 2 amide bonds. The van der Waals surface area contributed by atoms with Crippen LogP contribution in [0, 0.1) is 6.92 Å². The third-order valence-corrected chi connectivity index (χ3v) is 4.48. The minimum atomic E-state index is -0.477. The Kier molecular flexibility index (Phi) is 4.08. The Hall–Kier alpha value is -3.28. The molecule has 0 radical (unpaired) electrons. The van der Waals surface area contributed by atoms with Crippen molar-refractivity contribution in [1.29, 1.82) is 0 Å². The van der Waals surface area contributed by atoms with Gasteiger partial charge in [0, 0.05) is 17.4 Å². The minimum absolute atomic E-state index is 0.173. The SMILES string of the molecule is Cc1c(C(=O)NNC(=O)Cc2ccc3c(c2)CCO3)oc2ccccc12. The average Bonchev–Trinajstić information content (AvgIpc) is 3.24. The number of aryl methyl sites for hydroxylation is 1. The maximum Gasteiger partial charge on any atom is 0.305 e. The van der Waals surface area contributed by atoms with Crippen molar-refractivity contribution in [3.63, 3.8) is 0 Å². The Labute approximate surface area is 150 Å². The summed E-state index contributed by atoms with van der Waals surface area (Å²) < 4.78 is 11.0. The third kappa shape index (κ3) is 3.01. The summed E-state index contributed by atoms with van der Waals surface area (Å²) in [6.07, 6.45) is 1.03. The molecule has 0 unspecified atom stereocenters. The van der Waals surface area contributed by atoms with Crippen LogP contribution in [0.25, 0.3) is 11.0 Å². The first kappa shape index (κ1) is 16.2. The smallest absolute Gasteiger partial charge is 0.305 e. The normalized spacial score (nSPS) is 12.5. The van der Waals surface area contributed by atoms with Crippen LogP contribution in [0.3, 0.4) is 0 Å². The van der Waals surface area contributed by atoms with E-state index in [0.717, 1.165) is 34.2 Å². The lowest BCUT2D eigenvalue weighted by molar-refractivity contribution is -0.121. The van der Waals surface area contributed by atoms with Crippen LogP contribution in [0.2, 0.25) is 0 Å². The highest BCUT2D eigenvalue weighted by Gasteiger charge is 2.18. The predicted octanol–water partition coefficient (Wildman–Crippen LogP) is 2.68. The van der Waals surface area contributed by atoms with E-state index >= 15 is 0 Å². The van der Waals surface area contributed by atoms with Crippen molar-refractivity contribution in [2.45, 2.75) is 19.8 Å². The van der Waals surface area contributed by atoms with Gasteiger partial charge in [-0.25, -0.2) is 0 Å². The number of fused-ring (bicyclic) bond motifs is 2. The molecule has 26 heavy (non-hydrogen) atoms. The summed E-state index contributed by atoms with van der Waals surface area (Å²) >= 11 is 0. The molecule has 0 aliphatic carbocycles. The molecular weight excluding hydrogens is 332 g/mol. The van der Waals surface area contributed by atoms with Crippen LogP contribution in [0.15, 0.2) is 46.9 Å². The lowest BCUT2D eigenvalue weighted by Gasteiger charge is -2.07. The van der Waals surface area contributed by atoms with Crippen molar-refractivity contribution < 1.29 is 18.7 Å². The number of para-hydroxylation sites is 1. The molecule has 0 atom stereocenters. The number of amides is 2. The van der Waals surface area contributed by atoms with E-state index in [1.165, 1.54) is 0 Å². The van der Waals surface area contributed by atoms with Gasteiger partial charge in [-0.15, -0.1) is 0 Å². The Bertz CT molecular complexity index is 1010. The van der Waals surface area contributed by atoms with Gasteiger partial charge in [0.2, 0.25) is 5.91 Å². The van der Waals surface area contributed by atoms with Gasteiger partial charge in [0.25, 0.3) is 0 Å². The molecule has 1 aliphatic rings. The second-order valence-electron chi connectivity index (χ2n) is 6.27. The van der Waals surface area contributed by atoms with Crippen LogP contribution in [0.1, 0.15) is 27.2 Å². The van der Waals surface area contributed by atoms with Gasteiger partial charge in [-0.1, -0.05) is 30.3 Å². The zero-order valence-electron chi connectivity index (χ0n) is 14.3. The van der Waals surface area contributed by atoms with Crippen molar-refractivity contribution in [3.8, 4) is 5.75 Å². The topological polar surface area (TPSA) is 80.6 Å². The fraction of sp³-hybridized carbons (Fsp3) is 0.200. The monoisotopic (exact) mass is 350 g/mol. The van der Waals surface area contributed by atoms with Gasteiger partial charge < -0.3 is 9.15 Å². The first-order valence-electron chi connectivity index (χ1n) is 8.44. The van der Waals surface area contributed by atoms with E-state index in [2.05, 4.69) is 10.9 Å². The second-order valence-corrected chi connectivity index (χ2v) is 6.27. The molecule has 3 aromatic rings. The molecule has 2 aromatic carbocycles. The largest absolute Gasteiger partial charge is 0.493 e. The minimum Gasteiger partial charge on any atom is -0.493 e. The van der Waals surface area contributed by atoms with Gasteiger partial charge in [0.05, 0.1) is 13.0 Å². The Morgan fingerprint density at radius 2 is 1.96 bits per heavy atom. The standard InChI is InChI=1S/C20H18N2O4/c1-12-15-4-2-3-5-17(15)26-19(12)20(24)22-21-18(23)11-13-6-7-16-14(10-13)8-9-25-16/h2-7,10H,8-9,11H2,1H3,(H,21,23)(H,22,24). The van der Waals surface area contributed by atoms with Crippen molar-refractivity contribution in [2.75, 3.05) is 6.61 Å². The van der Waals surface area contributed by atoms with Crippen LogP contribution < -0.4 is 15.6 Å². The molecule has 0 spiro atoms. The zero-order valence-corrected chi connectivity index (χ0v) is 14.3. The summed E-state index contributed by atoms with van der Waals surface area (Å²) in [5.41, 5.74) is 8.22. The summed E-state index contributed by atoms with van der Waals surface area (Å²) in [5, 5.41) is 0.879. The molecule has 0 fully saturated rings. The van der Waals surface area contributed by atoms with Gasteiger partial charge in [0.15, 0.2) is 5.76 Å². The average molecular weight is 350 g/mol. The lowest BCUT2D eigenvalue weighted by Crippen LogP contribution is -2.42. The summed E-state index contributed by atoms with van der Waals surface area (Å²) in [5.74, 6) is 0.296. The Balaban J connectivity index is 1.39. The number of hydrazine groups is 1. The van der Waals surface area contributed by atoms with Crippen LogP contribution in [-0.2, 0) is 17.6 Å². The molecule has 0 bridgehead atoms. The maximum atomic E-state index is 12.3. The Morgan fingerprint density at radius 1 is 1.12 bits per heavy atom. The van der Waals surface area contributed by atoms with E-state index in [1.807, 2.05) is 43.3 Å². The summed E-state index contributed by atoms with van der Waals surface area (Å²) in [4.78, 5) is 24.4. The van der Waals surface area contributed by atoms with E-state index in [-0.39, 0.29) is 18.1 Å². The molecule has 0 saturated heterocycles. The van der Waals surface area contributed by atoms with Crippen LogP contribution in [-0.4, -0.2) is 18.4 Å². The van der Waals surface area contributed by atoms with Crippen molar-refractivity contribution >= 4 is 22.8 Å².